The summed E-state index contributed by atoms with van der Waals surface area (Å²) in [7, 11) is 0. The minimum Gasteiger partial charge on any atom is -0.492 e. The fraction of sp³-hybridized carbons (Fsp3) is 0.250. The summed E-state index contributed by atoms with van der Waals surface area (Å²) in [5, 5.41) is 6.16. The highest BCUT2D eigenvalue weighted by Crippen LogP contribution is 2.37. The van der Waals surface area contributed by atoms with Crippen molar-refractivity contribution in [2.45, 2.75) is 32.9 Å². The Hall–Kier alpha value is -2.57. The second kappa shape index (κ2) is 8.17. The molecule has 158 valence electrons. The molecule has 0 aliphatic carbocycles. The zero-order valence-electron chi connectivity index (χ0n) is 17.3. The van der Waals surface area contributed by atoms with Gasteiger partial charge in [0.15, 0.2) is 0 Å². The van der Waals surface area contributed by atoms with Crippen LogP contribution in [0, 0.1) is 0 Å². The molecule has 0 radical (unpaired) electrons. The fourth-order valence-corrected chi connectivity index (χ4v) is 4.79. The number of hydrogen-bond donors (Lipinski definition) is 1. The summed E-state index contributed by atoms with van der Waals surface area (Å²) in [4.78, 5) is 8.35. The summed E-state index contributed by atoms with van der Waals surface area (Å²) in [6.45, 7) is 5.46. The van der Waals surface area contributed by atoms with E-state index in [4.69, 9.17) is 21.3 Å². The van der Waals surface area contributed by atoms with Crippen molar-refractivity contribution < 1.29 is 4.74 Å². The molecule has 7 heteroatoms. The third-order valence-corrected chi connectivity index (χ3v) is 6.24. The molecule has 4 aromatic rings. The number of aromatic amines is 1. The summed E-state index contributed by atoms with van der Waals surface area (Å²) in [5.74, 6) is 0.829. The minimum absolute atomic E-state index is 0.285. The molecule has 1 atom stereocenters. The maximum Gasteiger partial charge on any atom is 0.119 e. The molecule has 5 rings (SSSR count). The summed E-state index contributed by atoms with van der Waals surface area (Å²) in [5.41, 5.74) is 6.78. The Kier molecular flexibility index (Phi) is 5.36. The van der Waals surface area contributed by atoms with Gasteiger partial charge in [-0.3, -0.25) is 9.67 Å². The first-order chi connectivity index (χ1) is 15.0. The number of ether oxygens (including phenoxy) is 1. The van der Waals surface area contributed by atoms with Gasteiger partial charge in [0.2, 0.25) is 0 Å². The van der Waals surface area contributed by atoms with Crippen molar-refractivity contribution in [2.75, 3.05) is 6.61 Å². The van der Waals surface area contributed by atoms with Gasteiger partial charge < -0.3 is 9.72 Å². The number of halogens is 2. The van der Waals surface area contributed by atoms with E-state index in [2.05, 4.69) is 58.1 Å². The number of nitrogens with zero attached hydrogens (tertiary/aromatic N) is 3. The molecule has 1 unspecified atom stereocenters. The van der Waals surface area contributed by atoms with Gasteiger partial charge in [0.05, 0.1) is 40.2 Å². The highest BCUT2D eigenvalue weighted by Gasteiger charge is 2.22. The average Bonchev–Trinajstić information content (AvgIpc) is 3.32. The molecule has 5 nitrogen and oxygen atoms in total. The van der Waals surface area contributed by atoms with E-state index in [9.17, 15) is 0 Å². The third kappa shape index (κ3) is 4.02. The average molecular weight is 498 g/mol. The van der Waals surface area contributed by atoms with Gasteiger partial charge in [0, 0.05) is 22.2 Å². The predicted octanol–water partition coefficient (Wildman–Crippen LogP) is 6.28. The number of H-pyrrole nitrogens is 1. The van der Waals surface area contributed by atoms with Crippen molar-refractivity contribution in [2.24, 2.45) is 4.99 Å². The number of aromatic nitrogens is 3. The molecule has 0 saturated heterocycles. The van der Waals surface area contributed by atoms with Gasteiger partial charge in [-0.1, -0.05) is 23.7 Å². The molecular formula is C24H22BrClN4O. The SMILES string of the molecule is CC1=NC(C)Cc2c1[nH]c1c(-c3ccc(OCCn4cc(Br)cn4)cc3)cc(Cl)cc21. The van der Waals surface area contributed by atoms with Gasteiger partial charge in [-0.15, -0.1) is 0 Å². The second-order valence-electron chi connectivity index (χ2n) is 7.92. The Bertz CT molecular complexity index is 1290. The van der Waals surface area contributed by atoms with Crippen molar-refractivity contribution in [1.82, 2.24) is 14.8 Å². The van der Waals surface area contributed by atoms with Crippen LogP contribution in [0.5, 0.6) is 5.75 Å². The first-order valence-corrected chi connectivity index (χ1v) is 11.4. The highest BCUT2D eigenvalue weighted by atomic mass is 79.9. The monoisotopic (exact) mass is 496 g/mol. The Morgan fingerprint density at radius 3 is 2.81 bits per heavy atom. The fourth-order valence-electron chi connectivity index (χ4n) is 4.25. The third-order valence-electron chi connectivity index (χ3n) is 5.61. The van der Waals surface area contributed by atoms with Crippen molar-refractivity contribution in [1.29, 1.82) is 0 Å². The Morgan fingerprint density at radius 2 is 2.06 bits per heavy atom. The van der Waals surface area contributed by atoms with Crippen molar-refractivity contribution in [3.63, 3.8) is 0 Å². The molecule has 1 aliphatic rings. The normalized spacial score (nSPS) is 15.7. The molecule has 0 fully saturated rings. The van der Waals surface area contributed by atoms with Crippen molar-refractivity contribution in [3.8, 4) is 16.9 Å². The van der Waals surface area contributed by atoms with Crippen LogP contribution >= 0.6 is 27.5 Å². The van der Waals surface area contributed by atoms with Crippen LogP contribution in [0.15, 0.2) is 58.3 Å². The summed E-state index contributed by atoms with van der Waals surface area (Å²) >= 11 is 9.93. The molecule has 2 aromatic carbocycles. The molecule has 3 heterocycles. The van der Waals surface area contributed by atoms with Gasteiger partial charge in [-0.2, -0.15) is 5.10 Å². The number of fused-ring (bicyclic) bond motifs is 3. The number of aliphatic imine (C=N–C) groups is 1. The zero-order valence-corrected chi connectivity index (χ0v) is 19.7. The van der Waals surface area contributed by atoms with Crippen molar-refractivity contribution in [3.05, 3.63) is 69.5 Å². The lowest BCUT2D eigenvalue weighted by Gasteiger charge is -2.15. The maximum atomic E-state index is 6.53. The summed E-state index contributed by atoms with van der Waals surface area (Å²) < 4.78 is 8.70. The maximum absolute atomic E-state index is 6.53. The largest absolute Gasteiger partial charge is 0.492 e. The van der Waals surface area contributed by atoms with Gasteiger partial charge in [-0.05, 0) is 71.6 Å². The number of rotatable bonds is 5. The van der Waals surface area contributed by atoms with Crippen LogP contribution in [0.1, 0.15) is 25.1 Å². The summed E-state index contributed by atoms with van der Waals surface area (Å²) in [6.07, 6.45) is 4.62. The summed E-state index contributed by atoms with van der Waals surface area (Å²) in [6, 6.07) is 12.5. The predicted molar refractivity (Wildman–Crippen MR) is 130 cm³/mol. The van der Waals surface area contributed by atoms with E-state index in [0.717, 1.165) is 49.7 Å². The van der Waals surface area contributed by atoms with Crippen LogP contribution in [-0.2, 0) is 13.0 Å². The molecule has 31 heavy (non-hydrogen) atoms. The molecular weight excluding hydrogens is 476 g/mol. The van der Waals surface area contributed by atoms with Crippen LogP contribution in [0.4, 0.5) is 0 Å². The van der Waals surface area contributed by atoms with Gasteiger partial charge in [0.1, 0.15) is 12.4 Å². The Balaban J connectivity index is 1.41. The number of nitrogens with one attached hydrogen (secondary N) is 1. The number of benzene rings is 2. The van der Waals surface area contributed by atoms with E-state index in [0.29, 0.717) is 13.2 Å². The van der Waals surface area contributed by atoms with E-state index in [1.54, 1.807) is 6.20 Å². The van der Waals surface area contributed by atoms with Gasteiger partial charge in [0.25, 0.3) is 0 Å². The lowest BCUT2D eigenvalue weighted by Crippen LogP contribution is -2.15. The molecule has 0 amide bonds. The van der Waals surface area contributed by atoms with E-state index >= 15 is 0 Å². The smallest absolute Gasteiger partial charge is 0.119 e. The minimum atomic E-state index is 0.285. The zero-order chi connectivity index (χ0) is 21.5. The standard InChI is InChI=1S/C24H22BrClN4O/c1-14-9-21-22-11-18(26)10-20(24(22)29-23(21)15(2)28-14)16-3-5-19(6-4-16)31-8-7-30-13-17(25)12-27-30/h3-6,10-14,29H,7-9H2,1-2H3. The first-order valence-electron chi connectivity index (χ1n) is 10.3. The topological polar surface area (TPSA) is 55.2 Å². The molecule has 1 aliphatic heterocycles. The Morgan fingerprint density at radius 1 is 1.26 bits per heavy atom. The van der Waals surface area contributed by atoms with Crippen LogP contribution in [-0.4, -0.2) is 33.1 Å². The quantitative estimate of drug-likeness (QED) is 0.353. The van der Waals surface area contributed by atoms with Gasteiger partial charge in [-0.25, -0.2) is 0 Å². The molecule has 1 N–H and O–H groups in total. The first kappa shape index (κ1) is 20.3. The highest BCUT2D eigenvalue weighted by molar-refractivity contribution is 9.10. The Labute approximate surface area is 194 Å². The van der Waals surface area contributed by atoms with E-state index < -0.39 is 0 Å². The van der Waals surface area contributed by atoms with Crippen LogP contribution in [0.25, 0.3) is 22.0 Å². The van der Waals surface area contributed by atoms with E-state index in [1.165, 1.54) is 10.9 Å². The lowest BCUT2D eigenvalue weighted by molar-refractivity contribution is 0.291. The number of hydrogen-bond acceptors (Lipinski definition) is 3. The van der Waals surface area contributed by atoms with Crippen LogP contribution in [0.2, 0.25) is 5.02 Å². The van der Waals surface area contributed by atoms with E-state index in [-0.39, 0.29) is 6.04 Å². The molecule has 0 bridgehead atoms. The van der Waals surface area contributed by atoms with Crippen LogP contribution < -0.4 is 4.74 Å². The lowest BCUT2D eigenvalue weighted by atomic mass is 9.96. The van der Waals surface area contributed by atoms with Crippen molar-refractivity contribution >= 4 is 44.1 Å². The van der Waals surface area contributed by atoms with Gasteiger partial charge >= 0.3 is 0 Å². The second-order valence-corrected chi connectivity index (χ2v) is 9.27. The van der Waals surface area contributed by atoms with E-state index in [1.807, 2.05) is 29.1 Å². The molecule has 0 spiro atoms. The molecule has 0 saturated carbocycles. The van der Waals surface area contributed by atoms with Crippen LogP contribution in [0.3, 0.4) is 0 Å². The molecule has 2 aromatic heterocycles.